The van der Waals surface area contributed by atoms with Crippen LogP contribution in [-0.4, -0.2) is 78.0 Å². The number of carbonyl (C=O) groups is 5. The van der Waals surface area contributed by atoms with Gasteiger partial charge in [-0.3, -0.25) is 24.0 Å². The lowest BCUT2D eigenvalue weighted by molar-refractivity contribution is -0.283. The number of carboxylic acids is 1. The average Bonchev–Trinajstić information content (AvgIpc) is 3.34. The van der Waals surface area contributed by atoms with E-state index >= 15 is 0 Å². The number of hydrogen-bond donors (Lipinski definition) is 1. The number of rotatable bonds is 11. The molecule has 0 unspecified atom stereocenters. The highest BCUT2D eigenvalue weighted by molar-refractivity contribution is 6.19. The first-order chi connectivity index (χ1) is 20.9. The molecule has 13 heteroatoms. The summed E-state index contributed by atoms with van der Waals surface area (Å²) in [5, 5.41) is 10.5. The molecule has 0 aliphatic carbocycles. The van der Waals surface area contributed by atoms with Crippen LogP contribution in [-0.2, 0) is 42.9 Å². The molecule has 1 N–H and O–H groups in total. The quantitative estimate of drug-likeness (QED) is 0.216. The summed E-state index contributed by atoms with van der Waals surface area (Å²) >= 11 is 6.36. The van der Waals surface area contributed by atoms with Gasteiger partial charge in [-0.1, -0.05) is 31.2 Å². The van der Waals surface area contributed by atoms with Crippen molar-refractivity contribution >= 4 is 57.8 Å². The minimum Gasteiger partial charge on any atom is -0.481 e. The van der Waals surface area contributed by atoms with Crippen molar-refractivity contribution in [2.45, 2.75) is 90.0 Å². The maximum atomic E-state index is 13.3. The number of aliphatic carboxylic acids is 1. The average molecular weight is 634 g/mol. The number of hydrogen-bond acceptors (Lipinski definition) is 10. The molecular weight excluding hydrogens is 598 g/mol. The summed E-state index contributed by atoms with van der Waals surface area (Å²) in [7, 11) is 0. The number of benzene rings is 2. The summed E-state index contributed by atoms with van der Waals surface area (Å²) < 4.78 is 29.2. The van der Waals surface area contributed by atoms with Crippen LogP contribution >= 0.6 is 11.6 Å². The Kier molecular flexibility index (Phi) is 10.7. The molecule has 2 aliphatic rings. The first-order valence-corrected chi connectivity index (χ1v) is 15.0. The molecule has 2 heterocycles. The standard InChI is InChI=1S/C31H36ClNO11/c1-5-23-28(40-16(2)34)29(41-17(3)35)30(42-18(4)36)31(43-23)44-24-13-22-27(21-10-7-6-9-20(21)24)19(14-32)15-33(22)25(37)11-8-12-26(38)39/h6-7,9-10,13,19,23,28-31H,5,8,11-12,14-15H2,1-4H3,(H,38,39)/t19-,23-,28+,29+,30-,31+/m1/s1. The largest absolute Gasteiger partial charge is 0.481 e. The van der Waals surface area contributed by atoms with Gasteiger partial charge in [0.25, 0.3) is 0 Å². The van der Waals surface area contributed by atoms with E-state index in [1.165, 1.54) is 20.8 Å². The summed E-state index contributed by atoms with van der Waals surface area (Å²) in [5.41, 5.74) is 1.42. The number of fused-ring (bicyclic) bond motifs is 3. The number of amides is 1. The van der Waals surface area contributed by atoms with Crippen LogP contribution in [0.1, 0.15) is 64.9 Å². The van der Waals surface area contributed by atoms with E-state index in [1.54, 1.807) is 17.9 Å². The van der Waals surface area contributed by atoms with Crippen molar-refractivity contribution in [3.63, 3.8) is 0 Å². The van der Waals surface area contributed by atoms with E-state index in [-0.39, 0.29) is 37.0 Å². The van der Waals surface area contributed by atoms with Crippen molar-refractivity contribution in [2.75, 3.05) is 17.3 Å². The second kappa shape index (κ2) is 14.3. The van der Waals surface area contributed by atoms with Gasteiger partial charge in [0.2, 0.25) is 18.3 Å². The summed E-state index contributed by atoms with van der Waals surface area (Å²) in [6, 6.07) is 9.08. The van der Waals surface area contributed by atoms with Crippen molar-refractivity contribution in [1.82, 2.24) is 0 Å². The first kappa shape index (κ1) is 33.0. The normalized spacial score (nSPS) is 24.3. The van der Waals surface area contributed by atoms with E-state index in [9.17, 15) is 24.0 Å². The van der Waals surface area contributed by atoms with Gasteiger partial charge in [-0.2, -0.15) is 0 Å². The molecule has 4 rings (SSSR count). The Balaban J connectivity index is 1.79. The fourth-order valence-corrected chi connectivity index (χ4v) is 6.05. The van der Waals surface area contributed by atoms with Crippen LogP contribution in [0.2, 0.25) is 0 Å². The summed E-state index contributed by atoms with van der Waals surface area (Å²) in [5.74, 6) is -2.91. The lowest BCUT2D eigenvalue weighted by atomic mass is 9.95. The van der Waals surface area contributed by atoms with Crippen molar-refractivity contribution in [3.05, 3.63) is 35.9 Å². The van der Waals surface area contributed by atoms with Crippen molar-refractivity contribution in [3.8, 4) is 5.75 Å². The van der Waals surface area contributed by atoms with E-state index in [1.807, 2.05) is 24.3 Å². The zero-order valence-electron chi connectivity index (χ0n) is 24.9. The molecule has 1 saturated heterocycles. The van der Waals surface area contributed by atoms with Crippen LogP contribution in [0, 0.1) is 0 Å². The number of anilines is 1. The Bertz CT molecular complexity index is 1430. The molecule has 238 valence electrons. The molecule has 6 atom stereocenters. The fourth-order valence-electron chi connectivity index (χ4n) is 5.80. The highest BCUT2D eigenvalue weighted by Gasteiger charge is 2.52. The molecule has 0 bridgehead atoms. The zero-order chi connectivity index (χ0) is 32.1. The molecule has 2 aromatic carbocycles. The lowest BCUT2D eigenvalue weighted by Gasteiger charge is -2.44. The molecule has 44 heavy (non-hydrogen) atoms. The van der Waals surface area contributed by atoms with E-state index in [2.05, 4.69) is 0 Å². The fraction of sp³-hybridized carbons (Fsp3) is 0.516. The summed E-state index contributed by atoms with van der Waals surface area (Å²) in [6.45, 7) is 5.68. The summed E-state index contributed by atoms with van der Waals surface area (Å²) in [6.07, 6.45) is -5.30. The van der Waals surface area contributed by atoms with Crippen LogP contribution < -0.4 is 9.64 Å². The molecule has 2 aromatic rings. The zero-order valence-corrected chi connectivity index (χ0v) is 25.7. The Morgan fingerprint density at radius 3 is 2.14 bits per heavy atom. The van der Waals surface area contributed by atoms with Gasteiger partial charge in [0.05, 0.1) is 5.69 Å². The maximum absolute atomic E-state index is 13.3. The van der Waals surface area contributed by atoms with Gasteiger partial charge < -0.3 is 33.7 Å². The van der Waals surface area contributed by atoms with Crippen LogP contribution in [0.3, 0.4) is 0 Å². The molecule has 2 aliphatic heterocycles. The van der Waals surface area contributed by atoms with Gasteiger partial charge in [0, 0.05) is 63.4 Å². The Hall–Kier alpha value is -3.90. The molecule has 1 fully saturated rings. The van der Waals surface area contributed by atoms with Gasteiger partial charge in [-0.15, -0.1) is 11.6 Å². The van der Waals surface area contributed by atoms with E-state index < -0.39 is 54.6 Å². The minimum absolute atomic E-state index is 0.0316. The second-order valence-electron chi connectivity index (χ2n) is 10.7. The highest BCUT2D eigenvalue weighted by Crippen LogP contribution is 2.46. The van der Waals surface area contributed by atoms with Gasteiger partial charge in [-0.25, -0.2) is 0 Å². The Morgan fingerprint density at radius 1 is 0.932 bits per heavy atom. The molecule has 0 aromatic heterocycles. The molecule has 0 radical (unpaired) electrons. The van der Waals surface area contributed by atoms with Gasteiger partial charge >= 0.3 is 23.9 Å². The van der Waals surface area contributed by atoms with Crippen molar-refractivity contribution < 1.29 is 52.8 Å². The smallest absolute Gasteiger partial charge is 0.303 e. The van der Waals surface area contributed by atoms with Crippen LogP contribution in [0.15, 0.2) is 30.3 Å². The van der Waals surface area contributed by atoms with Crippen molar-refractivity contribution in [1.29, 1.82) is 0 Å². The monoisotopic (exact) mass is 633 g/mol. The van der Waals surface area contributed by atoms with Crippen LogP contribution in [0.4, 0.5) is 5.69 Å². The number of ether oxygens (including phenoxy) is 5. The third-order valence-corrected chi connectivity index (χ3v) is 7.91. The number of alkyl halides is 1. The van der Waals surface area contributed by atoms with E-state index in [0.717, 1.165) is 10.9 Å². The molecule has 0 saturated carbocycles. The van der Waals surface area contributed by atoms with Gasteiger partial charge in [0.15, 0.2) is 12.2 Å². The van der Waals surface area contributed by atoms with Crippen molar-refractivity contribution in [2.24, 2.45) is 0 Å². The summed E-state index contributed by atoms with van der Waals surface area (Å²) in [4.78, 5) is 62.2. The topological polar surface area (TPSA) is 155 Å². The predicted molar refractivity (Wildman–Crippen MR) is 157 cm³/mol. The van der Waals surface area contributed by atoms with Gasteiger partial charge in [-0.05, 0) is 23.8 Å². The maximum Gasteiger partial charge on any atom is 0.303 e. The number of nitrogens with zero attached hydrogens (tertiary/aromatic N) is 1. The minimum atomic E-state index is -1.32. The molecular formula is C31H36ClNO11. The molecule has 0 spiro atoms. The third kappa shape index (κ3) is 7.24. The van der Waals surface area contributed by atoms with Crippen LogP contribution in [0.5, 0.6) is 5.75 Å². The van der Waals surface area contributed by atoms with Gasteiger partial charge in [0.1, 0.15) is 11.9 Å². The SMILES string of the molecule is CC[C@H]1O[C@@H](Oc2cc3c(c4ccccc24)[C@H](CCl)CN3C(=O)CCCC(=O)O)[C@H](OC(C)=O)[C@@H](OC(C)=O)[C@H]1OC(C)=O. The third-order valence-electron chi connectivity index (χ3n) is 7.54. The Labute approximate surface area is 259 Å². The molecule has 1 amide bonds. The number of carbonyl (C=O) groups excluding carboxylic acids is 4. The predicted octanol–water partition coefficient (Wildman–Crippen LogP) is 4.07. The number of halogens is 1. The van der Waals surface area contributed by atoms with E-state index in [4.69, 9.17) is 40.4 Å². The second-order valence-corrected chi connectivity index (χ2v) is 11.1. The highest BCUT2D eigenvalue weighted by atomic mass is 35.5. The molecule has 12 nitrogen and oxygen atoms in total. The Morgan fingerprint density at radius 2 is 1.55 bits per heavy atom. The first-order valence-electron chi connectivity index (χ1n) is 14.4. The van der Waals surface area contributed by atoms with Crippen LogP contribution in [0.25, 0.3) is 10.8 Å². The van der Waals surface area contributed by atoms with E-state index in [0.29, 0.717) is 29.8 Å². The number of carboxylic acid groups (broad SMARTS) is 1. The number of esters is 3. The lowest BCUT2D eigenvalue weighted by Crippen LogP contribution is -2.62.